The van der Waals surface area contributed by atoms with Crippen molar-refractivity contribution in [1.29, 1.82) is 0 Å². The van der Waals surface area contributed by atoms with E-state index in [0.29, 0.717) is 18.0 Å². The van der Waals surface area contributed by atoms with E-state index in [1.165, 1.54) is 5.56 Å². The van der Waals surface area contributed by atoms with Gasteiger partial charge in [-0.25, -0.2) is 4.79 Å². The summed E-state index contributed by atoms with van der Waals surface area (Å²) >= 11 is 0. The molecular formula is C18H26N2O2. The summed E-state index contributed by atoms with van der Waals surface area (Å²) in [6.45, 7) is 7.49. The zero-order chi connectivity index (χ0) is 15.7. The Hall–Kier alpha value is -1.55. The predicted octanol–water partition coefficient (Wildman–Crippen LogP) is 3.17. The standard InChI is InChI=1S/C18H26N2O2/c1-18(2,3)22-17(21)20-12-14-9-15(20)10-16(14)19-11-13-7-5-4-6-8-13/h4-8,14-16,19H,9-12H2,1-3H3/t14-,15-,16-/m0/s1. The van der Waals surface area contributed by atoms with Gasteiger partial charge in [0.15, 0.2) is 0 Å². The lowest BCUT2D eigenvalue weighted by atomic mass is 10.0. The van der Waals surface area contributed by atoms with Gasteiger partial charge in [-0.1, -0.05) is 30.3 Å². The monoisotopic (exact) mass is 302 g/mol. The van der Waals surface area contributed by atoms with Gasteiger partial charge in [-0.05, 0) is 45.1 Å². The third-order valence-electron chi connectivity index (χ3n) is 4.58. The molecule has 22 heavy (non-hydrogen) atoms. The van der Waals surface area contributed by atoms with E-state index in [9.17, 15) is 4.79 Å². The Bertz CT molecular complexity index is 524. The fraction of sp³-hybridized carbons (Fsp3) is 0.611. The first-order chi connectivity index (χ1) is 10.4. The summed E-state index contributed by atoms with van der Waals surface area (Å²) in [6.07, 6.45) is 1.99. The molecule has 0 unspecified atom stereocenters. The topological polar surface area (TPSA) is 41.6 Å². The van der Waals surface area contributed by atoms with E-state index in [-0.39, 0.29) is 6.09 Å². The number of carbonyl (C=O) groups excluding carboxylic acids is 1. The minimum Gasteiger partial charge on any atom is -0.444 e. The van der Waals surface area contributed by atoms with Crippen LogP contribution < -0.4 is 5.32 Å². The van der Waals surface area contributed by atoms with Crippen molar-refractivity contribution in [3.05, 3.63) is 35.9 Å². The van der Waals surface area contributed by atoms with Crippen molar-refractivity contribution in [1.82, 2.24) is 10.2 Å². The van der Waals surface area contributed by atoms with Gasteiger partial charge in [-0.2, -0.15) is 0 Å². The van der Waals surface area contributed by atoms with Crippen LogP contribution in [0.3, 0.4) is 0 Å². The van der Waals surface area contributed by atoms with E-state index < -0.39 is 5.60 Å². The van der Waals surface area contributed by atoms with Gasteiger partial charge in [-0.3, -0.25) is 0 Å². The number of nitrogens with zero attached hydrogens (tertiary/aromatic N) is 1. The highest BCUT2D eigenvalue weighted by molar-refractivity contribution is 5.69. The predicted molar refractivity (Wildman–Crippen MR) is 86.5 cm³/mol. The van der Waals surface area contributed by atoms with Crippen LogP contribution in [0.2, 0.25) is 0 Å². The van der Waals surface area contributed by atoms with Gasteiger partial charge in [0.1, 0.15) is 5.60 Å². The van der Waals surface area contributed by atoms with Crippen molar-refractivity contribution in [3.8, 4) is 0 Å². The molecule has 1 aromatic carbocycles. The number of likely N-dealkylation sites (tertiary alicyclic amines) is 1. The highest BCUT2D eigenvalue weighted by Gasteiger charge is 2.47. The van der Waals surface area contributed by atoms with Crippen LogP contribution in [0.25, 0.3) is 0 Å². The number of rotatable bonds is 3. The third kappa shape index (κ3) is 3.43. The van der Waals surface area contributed by atoms with Gasteiger partial charge in [0, 0.05) is 25.2 Å². The maximum Gasteiger partial charge on any atom is 0.410 e. The molecule has 0 aromatic heterocycles. The Labute approximate surface area is 132 Å². The van der Waals surface area contributed by atoms with Gasteiger partial charge >= 0.3 is 6.09 Å². The molecule has 1 amide bonds. The molecule has 1 saturated heterocycles. The number of piperidine rings is 1. The largest absolute Gasteiger partial charge is 0.444 e. The van der Waals surface area contributed by atoms with E-state index in [0.717, 1.165) is 25.9 Å². The first-order valence-corrected chi connectivity index (χ1v) is 8.19. The lowest BCUT2D eigenvalue weighted by Gasteiger charge is -2.33. The molecule has 3 atom stereocenters. The van der Waals surface area contributed by atoms with Crippen molar-refractivity contribution in [2.75, 3.05) is 6.54 Å². The van der Waals surface area contributed by atoms with E-state index in [1.54, 1.807) is 0 Å². The summed E-state index contributed by atoms with van der Waals surface area (Å²) in [6, 6.07) is 11.3. The SMILES string of the molecule is CC(C)(C)OC(=O)N1C[C@@H]2C[C@H]1C[C@@H]2NCc1ccccc1. The first kappa shape index (κ1) is 15.3. The summed E-state index contributed by atoms with van der Waals surface area (Å²) in [7, 11) is 0. The molecule has 0 radical (unpaired) electrons. The fourth-order valence-electron chi connectivity index (χ4n) is 3.59. The van der Waals surface area contributed by atoms with Crippen LogP contribution in [-0.4, -0.2) is 35.2 Å². The molecule has 0 spiro atoms. The Kier molecular flexibility index (Phi) is 4.13. The Morgan fingerprint density at radius 1 is 1.27 bits per heavy atom. The van der Waals surface area contributed by atoms with Gasteiger partial charge in [0.25, 0.3) is 0 Å². The number of benzene rings is 1. The fourth-order valence-corrected chi connectivity index (χ4v) is 3.59. The maximum atomic E-state index is 12.2. The Morgan fingerprint density at radius 3 is 2.59 bits per heavy atom. The van der Waals surface area contributed by atoms with E-state index in [1.807, 2.05) is 31.7 Å². The second-order valence-electron chi connectivity index (χ2n) is 7.49. The Balaban J connectivity index is 1.50. The number of carbonyl (C=O) groups is 1. The molecule has 1 saturated carbocycles. The lowest BCUT2D eigenvalue weighted by Crippen LogP contribution is -2.47. The Morgan fingerprint density at radius 2 is 2.00 bits per heavy atom. The molecule has 2 fully saturated rings. The van der Waals surface area contributed by atoms with Crippen LogP contribution in [0.15, 0.2) is 30.3 Å². The molecule has 120 valence electrons. The number of hydrogen-bond acceptors (Lipinski definition) is 3. The summed E-state index contributed by atoms with van der Waals surface area (Å²) in [5, 5.41) is 3.66. The molecule has 1 aliphatic carbocycles. The molecule has 4 nitrogen and oxygen atoms in total. The average molecular weight is 302 g/mol. The van der Waals surface area contributed by atoms with E-state index >= 15 is 0 Å². The van der Waals surface area contributed by atoms with E-state index in [2.05, 4.69) is 29.6 Å². The number of nitrogens with one attached hydrogen (secondary N) is 1. The van der Waals surface area contributed by atoms with Gasteiger partial charge < -0.3 is 15.0 Å². The van der Waals surface area contributed by atoms with Crippen molar-refractivity contribution in [3.63, 3.8) is 0 Å². The normalized spacial score (nSPS) is 27.2. The van der Waals surface area contributed by atoms with Gasteiger partial charge in [0.2, 0.25) is 0 Å². The molecule has 1 aromatic rings. The van der Waals surface area contributed by atoms with Crippen LogP contribution in [0.1, 0.15) is 39.2 Å². The molecule has 1 N–H and O–H groups in total. The highest BCUT2D eigenvalue weighted by atomic mass is 16.6. The zero-order valence-electron chi connectivity index (χ0n) is 13.7. The van der Waals surface area contributed by atoms with E-state index in [4.69, 9.17) is 4.74 Å². The van der Waals surface area contributed by atoms with Gasteiger partial charge in [0.05, 0.1) is 0 Å². The van der Waals surface area contributed by atoms with Crippen LogP contribution in [0, 0.1) is 5.92 Å². The molecule has 1 heterocycles. The highest BCUT2D eigenvalue weighted by Crippen LogP contribution is 2.38. The van der Waals surface area contributed by atoms with Crippen LogP contribution >= 0.6 is 0 Å². The smallest absolute Gasteiger partial charge is 0.410 e. The van der Waals surface area contributed by atoms with Crippen LogP contribution in [0.4, 0.5) is 4.79 Å². The summed E-state index contributed by atoms with van der Waals surface area (Å²) < 4.78 is 5.51. The molecular weight excluding hydrogens is 276 g/mol. The summed E-state index contributed by atoms with van der Waals surface area (Å²) in [5.74, 6) is 0.557. The zero-order valence-corrected chi connectivity index (χ0v) is 13.7. The minimum absolute atomic E-state index is 0.151. The lowest BCUT2D eigenvalue weighted by molar-refractivity contribution is 0.0174. The third-order valence-corrected chi connectivity index (χ3v) is 4.58. The second-order valence-corrected chi connectivity index (χ2v) is 7.49. The molecule has 3 rings (SSSR count). The van der Waals surface area contributed by atoms with Crippen LogP contribution in [0.5, 0.6) is 0 Å². The maximum absolute atomic E-state index is 12.2. The van der Waals surface area contributed by atoms with Crippen molar-refractivity contribution < 1.29 is 9.53 Å². The first-order valence-electron chi connectivity index (χ1n) is 8.19. The van der Waals surface area contributed by atoms with Crippen molar-refractivity contribution in [2.45, 2.75) is 57.8 Å². The molecule has 2 bridgehead atoms. The number of amides is 1. The average Bonchev–Trinajstić information content (AvgIpc) is 3.04. The van der Waals surface area contributed by atoms with Gasteiger partial charge in [-0.15, -0.1) is 0 Å². The molecule has 2 aliphatic rings. The summed E-state index contributed by atoms with van der Waals surface area (Å²) in [4.78, 5) is 14.1. The number of ether oxygens (including phenoxy) is 1. The number of hydrogen-bond donors (Lipinski definition) is 1. The number of fused-ring (bicyclic) bond motifs is 2. The molecule has 4 heteroatoms. The van der Waals surface area contributed by atoms with Crippen molar-refractivity contribution >= 4 is 6.09 Å². The van der Waals surface area contributed by atoms with Crippen LogP contribution in [-0.2, 0) is 11.3 Å². The molecule has 1 aliphatic heterocycles. The summed E-state index contributed by atoms with van der Waals surface area (Å²) in [5.41, 5.74) is 0.901. The minimum atomic E-state index is -0.413. The van der Waals surface area contributed by atoms with Crippen molar-refractivity contribution in [2.24, 2.45) is 5.92 Å². The second kappa shape index (κ2) is 5.92. The quantitative estimate of drug-likeness (QED) is 0.932.